The van der Waals surface area contributed by atoms with E-state index >= 15 is 0 Å². The van der Waals surface area contributed by atoms with Gasteiger partial charge in [-0.25, -0.2) is 14.0 Å². The topological polar surface area (TPSA) is 65.1 Å². The molecule has 1 aromatic carbocycles. The fourth-order valence-electron chi connectivity index (χ4n) is 2.97. The SMILES string of the molecule is CCOP(=O)(OCC)N1C(=O)O[C@H]2Cc3ccccc3[C@H]21. The van der Waals surface area contributed by atoms with E-state index < -0.39 is 19.9 Å². The molecule has 2 aliphatic rings. The maximum absolute atomic E-state index is 13.0. The van der Waals surface area contributed by atoms with Gasteiger partial charge in [0.05, 0.1) is 13.2 Å². The highest BCUT2D eigenvalue weighted by molar-refractivity contribution is 7.52. The normalized spacial score (nSPS) is 23.9. The quantitative estimate of drug-likeness (QED) is 0.781. The molecule has 1 saturated heterocycles. The molecule has 1 heterocycles. The summed E-state index contributed by atoms with van der Waals surface area (Å²) in [7, 11) is -3.69. The molecule has 0 N–H and O–H groups in total. The lowest BCUT2D eigenvalue weighted by atomic mass is 10.1. The molecule has 0 aromatic heterocycles. The summed E-state index contributed by atoms with van der Waals surface area (Å²) in [5.41, 5.74) is 2.05. The molecule has 0 unspecified atom stereocenters. The van der Waals surface area contributed by atoms with Crippen LogP contribution in [0.2, 0.25) is 0 Å². The first-order chi connectivity index (χ1) is 10.1. The zero-order valence-corrected chi connectivity index (χ0v) is 12.9. The maximum Gasteiger partial charge on any atom is 0.440 e. The van der Waals surface area contributed by atoms with Crippen molar-refractivity contribution in [3.63, 3.8) is 0 Å². The molecule has 6 nitrogen and oxygen atoms in total. The molecule has 1 amide bonds. The van der Waals surface area contributed by atoms with Crippen LogP contribution in [0, 0.1) is 0 Å². The Labute approximate surface area is 123 Å². The minimum Gasteiger partial charge on any atom is -0.443 e. The van der Waals surface area contributed by atoms with Gasteiger partial charge in [0.15, 0.2) is 0 Å². The zero-order chi connectivity index (χ0) is 15.0. The van der Waals surface area contributed by atoms with Gasteiger partial charge in [0, 0.05) is 6.42 Å². The average Bonchev–Trinajstić information content (AvgIpc) is 2.93. The Morgan fingerprint density at radius 1 is 1.29 bits per heavy atom. The zero-order valence-electron chi connectivity index (χ0n) is 12.0. The molecule has 1 aliphatic heterocycles. The van der Waals surface area contributed by atoms with Crippen LogP contribution >= 0.6 is 7.75 Å². The molecule has 114 valence electrons. The van der Waals surface area contributed by atoms with E-state index in [1.54, 1.807) is 13.8 Å². The van der Waals surface area contributed by atoms with E-state index in [0.717, 1.165) is 15.8 Å². The third-order valence-electron chi connectivity index (χ3n) is 3.70. The minimum atomic E-state index is -3.69. The van der Waals surface area contributed by atoms with Crippen molar-refractivity contribution in [2.24, 2.45) is 0 Å². The van der Waals surface area contributed by atoms with Gasteiger partial charge < -0.3 is 4.74 Å². The lowest BCUT2D eigenvalue weighted by Gasteiger charge is -2.28. The van der Waals surface area contributed by atoms with Gasteiger partial charge in [-0.3, -0.25) is 9.05 Å². The first kappa shape index (κ1) is 14.6. The maximum atomic E-state index is 13.0. The van der Waals surface area contributed by atoms with Crippen molar-refractivity contribution in [3.05, 3.63) is 35.4 Å². The van der Waals surface area contributed by atoms with Gasteiger partial charge in [-0.05, 0) is 25.0 Å². The molecule has 0 saturated carbocycles. The Hall–Kier alpha value is -1.36. The highest BCUT2D eigenvalue weighted by Gasteiger charge is 2.55. The predicted molar refractivity (Wildman–Crippen MR) is 75.9 cm³/mol. The molecule has 0 spiro atoms. The number of fused-ring (bicyclic) bond motifs is 3. The van der Waals surface area contributed by atoms with E-state index in [1.165, 1.54) is 0 Å². The summed E-state index contributed by atoms with van der Waals surface area (Å²) in [6.07, 6.45) is -0.338. The van der Waals surface area contributed by atoms with Crippen molar-refractivity contribution in [1.29, 1.82) is 0 Å². The Morgan fingerprint density at radius 2 is 1.95 bits per heavy atom. The molecule has 7 heteroatoms. The van der Waals surface area contributed by atoms with Crippen LogP contribution in [-0.2, 0) is 24.8 Å². The van der Waals surface area contributed by atoms with E-state index in [0.29, 0.717) is 6.42 Å². The third kappa shape index (κ3) is 2.27. The van der Waals surface area contributed by atoms with Crippen molar-refractivity contribution in [1.82, 2.24) is 4.67 Å². The number of carbonyl (C=O) groups is 1. The molecule has 1 aromatic rings. The Morgan fingerprint density at radius 3 is 2.62 bits per heavy atom. The second kappa shape index (κ2) is 5.44. The number of rotatable bonds is 5. The largest absolute Gasteiger partial charge is 0.443 e. The number of hydrogen-bond donors (Lipinski definition) is 0. The molecule has 0 radical (unpaired) electrons. The van der Waals surface area contributed by atoms with Crippen molar-refractivity contribution in [2.75, 3.05) is 13.2 Å². The van der Waals surface area contributed by atoms with Crippen LogP contribution in [0.1, 0.15) is 31.0 Å². The molecule has 0 bridgehead atoms. The Kier molecular flexibility index (Phi) is 3.78. The lowest BCUT2D eigenvalue weighted by Crippen LogP contribution is -2.27. The van der Waals surface area contributed by atoms with Crippen molar-refractivity contribution >= 4 is 13.8 Å². The summed E-state index contributed by atoms with van der Waals surface area (Å²) in [5.74, 6) is 0. The van der Waals surface area contributed by atoms with Gasteiger partial charge in [-0.2, -0.15) is 0 Å². The van der Waals surface area contributed by atoms with Crippen molar-refractivity contribution in [2.45, 2.75) is 32.4 Å². The fourth-order valence-corrected chi connectivity index (χ4v) is 4.77. The van der Waals surface area contributed by atoms with Gasteiger partial charge in [-0.15, -0.1) is 0 Å². The van der Waals surface area contributed by atoms with Gasteiger partial charge in [0.1, 0.15) is 12.1 Å². The monoisotopic (exact) mass is 311 g/mol. The van der Waals surface area contributed by atoms with Crippen molar-refractivity contribution in [3.8, 4) is 0 Å². The molecular formula is C14H18NO5P. The summed E-state index contributed by atoms with van der Waals surface area (Å²) >= 11 is 0. The number of carbonyl (C=O) groups excluding carboxylic acids is 1. The summed E-state index contributed by atoms with van der Waals surface area (Å²) < 4.78 is 30.1. The van der Waals surface area contributed by atoms with E-state index in [2.05, 4.69) is 0 Å². The van der Waals surface area contributed by atoms with Gasteiger partial charge in [0.25, 0.3) is 0 Å². The molecule has 1 aliphatic carbocycles. The molecule has 2 atom stereocenters. The van der Waals surface area contributed by atoms with Crippen LogP contribution in [0.3, 0.4) is 0 Å². The number of ether oxygens (including phenoxy) is 1. The van der Waals surface area contributed by atoms with Gasteiger partial charge in [0.2, 0.25) is 0 Å². The predicted octanol–water partition coefficient (Wildman–Crippen LogP) is 3.29. The second-order valence-electron chi connectivity index (χ2n) is 4.92. The number of nitrogens with zero attached hydrogens (tertiary/aromatic N) is 1. The summed E-state index contributed by atoms with van der Waals surface area (Å²) in [6.45, 7) is 3.82. The highest BCUT2D eigenvalue weighted by atomic mass is 31.2. The fraction of sp³-hybridized carbons (Fsp3) is 0.500. The average molecular weight is 311 g/mol. The molecular weight excluding hydrogens is 293 g/mol. The molecule has 21 heavy (non-hydrogen) atoms. The van der Waals surface area contributed by atoms with Gasteiger partial charge in [-0.1, -0.05) is 24.3 Å². The van der Waals surface area contributed by atoms with Crippen LogP contribution in [0.25, 0.3) is 0 Å². The third-order valence-corrected chi connectivity index (χ3v) is 5.81. The first-order valence-electron chi connectivity index (χ1n) is 7.08. The van der Waals surface area contributed by atoms with E-state index in [-0.39, 0.29) is 19.3 Å². The highest BCUT2D eigenvalue weighted by Crippen LogP contribution is 2.61. The Balaban J connectivity index is 2.01. The summed E-state index contributed by atoms with van der Waals surface area (Å²) in [5, 5.41) is 0. The number of benzene rings is 1. The number of hydrogen-bond acceptors (Lipinski definition) is 5. The van der Waals surface area contributed by atoms with Crippen LogP contribution in [0.5, 0.6) is 0 Å². The number of amides is 1. The minimum absolute atomic E-state index is 0.195. The summed E-state index contributed by atoms with van der Waals surface area (Å²) in [4.78, 5) is 12.2. The summed E-state index contributed by atoms with van der Waals surface area (Å²) in [6, 6.07) is 7.35. The smallest absolute Gasteiger partial charge is 0.440 e. The second-order valence-corrected chi connectivity index (χ2v) is 6.80. The van der Waals surface area contributed by atoms with Crippen LogP contribution in [-0.4, -0.2) is 30.1 Å². The Bertz CT molecular complexity index is 595. The van der Waals surface area contributed by atoms with E-state index in [4.69, 9.17) is 13.8 Å². The molecule has 3 rings (SSSR count). The van der Waals surface area contributed by atoms with Gasteiger partial charge >= 0.3 is 13.8 Å². The molecule has 1 fully saturated rings. The van der Waals surface area contributed by atoms with Crippen LogP contribution in [0.4, 0.5) is 4.79 Å². The first-order valence-corrected chi connectivity index (χ1v) is 8.57. The van der Waals surface area contributed by atoms with Crippen molar-refractivity contribution < 1.29 is 23.1 Å². The van der Waals surface area contributed by atoms with E-state index in [9.17, 15) is 9.36 Å². The van der Waals surface area contributed by atoms with E-state index in [1.807, 2.05) is 24.3 Å². The standard InChI is InChI=1S/C14H18NO5P/c1-3-18-21(17,19-4-2)15-13-11-8-6-5-7-10(11)9-12(13)20-14(15)16/h5-8,12-13H,3-4,9H2,1-2H3/t12-,13+/m0/s1. The lowest BCUT2D eigenvalue weighted by molar-refractivity contribution is 0.131. The van der Waals surface area contributed by atoms with Crippen LogP contribution in [0.15, 0.2) is 24.3 Å². The van der Waals surface area contributed by atoms with Crippen LogP contribution < -0.4 is 0 Å².